The van der Waals surface area contributed by atoms with E-state index in [2.05, 4.69) is 16.0 Å². The van der Waals surface area contributed by atoms with Crippen LogP contribution in [0.2, 0.25) is 0 Å². The lowest BCUT2D eigenvalue weighted by atomic mass is 9.79. The van der Waals surface area contributed by atoms with Gasteiger partial charge in [0.05, 0.1) is 51.7 Å². The second kappa shape index (κ2) is 21.5. The molecule has 0 saturated carbocycles. The maximum atomic E-state index is 12.9. The second-order valence-electron chi connectivity index (χ2n) is 10.8. The van der Waals surface area contributed by atoms with Gasteiger partial charge in [-0.1, -0.05) is 13.8 Å². The van der Waals surface area contributed by atoms with Crippen molar-refractivity contribution >= 4 is 35.6 Å². The zero-order valence-electron chi connectivity index (χ0n) is 26.1. The number of methoxy groups -OCH3 is 2. The number of amides is 3. The van der Waals surface area contributed by atoms with Crippen LogP contribution >= 0.6 is 11.8 Å². The minimum absolute atomic E-state index is 0.0470. The predicted molar refractivity (Wildman–Crippen MR) is 160 cm³/mol. The van der Waals surface area contributed by atoms with Crippen LogP contribution in [0, 0.1) is 5.92 Å². The quantitative estimate of drug-likeness (QED) is 0.0552. The van der Waals surface area contributed by atoms with Gasteiger partial charge in [0.25, 0.3) is 0 Å². The molecule has 7 atom stereocenters. The molecular formula is C27H49N3O14S. The zero-order chi connectivity index (χ0) is 34.0. The third-order valence-corrected chi connectivity index (χ3v) is 7.71. The number of hydrogen-bond donors (Lipinski definition) is 8. The third-order valence-electron chi connectivity index (χ3n) is 6.68. The van der Waals surface area contributed by atoms with Crippen LogP contribution < -0.4 is 16.0 Å². The molecule has 1 fully saturated rings. The molecule has 3 amide bonds. The first-order chi connectivity index (χ1) is 21.3. The number of aliphatic carboxylic acids is 1. The van der Waals surface area contributed by atoms with Gasteiger partial charge in [-0.15, -0.1) is 0 Å². The first-order valence-corrected chi connectivity index (χ1v) is 15.7. The Morgan fingerprint density at radius 1 is 1.04 bits per heavy atom. The fourth-order valence-electron chi connectivity index (χ4n) is 4.54. The number of nitrogens with one attached hydrogen (secondary N) is 3. The molecule has 1 saturated heterocycles. The van der Waals surface area contributed by atoms with Crippen molar-refractivity contribution in [2.45, 2.75) is 68.8 Å². The Kier molecular flexibility index (Phi) is 19.5. The van der Waals surface area contributed by atoms with E-state index in [0.29, 0.717) is 25.6 Å². The minimum Gasteiger partial charge on any atom is -0.479 e. The highest BCUT2D eigenvalue weighted by molar-refractivity contribution is 7.99. The van der Waals surface area contributed by atoms with Crippen molar-refractivity contribution in [1.82, 2.24) is 16.0 Å². The fraction of sp³-hybridized carbons (Fsp3) is 0.852. The third kappa shape index (κ3) is 14.3. The number of alkyl carbamates (subject to hydrolysis) is 1. The number of carbonyl (C=O) groups is 4. The summed E-state index contributed by atoms with van der Waals surface area (Å²) in [4.78, 5) is 50.3. The highest BCUT2D eigenvalue weighted by atomic mass is 32.2. The normalized spacial score (nSPS) is 23.5. The molecule has 1 rings (SSSR count). The lowest BCUT2D eigenvalue weighted by Gasteiger charge is -2.47. The van der Waals surface area contributed by atoms with Crippen molar-refractivity contribution in [2.24, 2.45) is 5.92 Å². The molecule has 0 spiro atoms. The van der Waals surface area contributed by atoms with Crippen molar-refractivity contribution in [3.05, 3.63) is 0 Å². The van der Waals surface area contributed by atoms with Crippen molar-refractivity contribution in [2.75, 3.05) is 71.9 Å². The van der Waals surface area contributed by atoms with E-state index >= 15 is 0 Å². The van der Waals surface area contributed by atoms with Crippen LogP contribution in [-0.4, -0.2) is 163 Å². The van der Waals surface area contributed by atoms with Crippen LogP contribution in [0.25, 0.3) is 0 Å². The Hall–Kier alpha value is -2.29. The number of ether oxygens (including phenoxy) is 5. The highest BCUT2D eigenvalue weighted by Gasteiger charge is 2.54. The van der Waals surface area contributed by atoms with Gasteiger partial charge in [-0.2, -0.15) is 11.8 Å². The smallest absolute Gasteiger partial charge is 0.407 e. The van der Waals surface area contributed by atoms with Crippen LogP contribution in [0.15, 0.2) is 0 Å². The van der Waals surface area contributed by atoms with Crippen LogP contribution in [0.1, 0.15) is 26.7 Å². The number of carboxylic acid groups (broad SMARTS) is 1. The minimum atomic E-state index is -1.94. The van der Waals surface area contributed by atoms with E-state index in [1.807, 2.05) is 0 Å². The van der Waals surface area contributed by atoms with Gasteiger partial charge in [0, 0.05) is 32.1 Å². The molecule has 1 heterocycles. The fourth-order valence-corrected chi connectivity index (χ4v) is 5.47. The summed E-state index contributed by atoms with van der Waals surface area (Å²) in [5, 5.41) is 58.2. The summed E-state index contributed by atoms with van der Waals surface area (Å²) in [6.07, 6.45) is -8.21. The number of rotatable bonds is 22. The van der Waals surface area contributed by atoms with Crippen molar-refractivity contribution in [3.63, 3.8) is 0 Å². The van der Waals surface area contributed by atoms with Gasteiger partial charge >= 0.3 is 12.1 Å². The van der Waals surface area contributed by atoms with Crippen LogP contribution in [-0.2, 0) is 38.1 Å². The lowest BCUT2D eigenvalue weighted by molar-refractivity contribution is -0.233. The summed E-state index contributed by atoms with van der Waals surface area (Å²) >= 11 is 1.31. The molecule has 0 bridgehead atoms. The Morgan fingerprint density at radius 3 is 2.31 bits per heavy atom. The maximum absolute atomic E-state index is 12.9. The van der Waals surface area contributed by atoms with Gasteiger partial charge in [0.1, 0.15) is 31.0 Å². The summed E-state index contributed by atoms with van der Waals surface area (Å²) in [6, 6.07) is -2.52. The van der Waals surface area contributed by atoms with Crippen molar-refractivity contribution < 1.29 is 68.4 Å². The Labute approximate surface area is 266 Å². The number of aliphatic hydroxyl groups is 4. The average Bonchev–Trinajstić information content (AvgIpc) is 2.99. The molecular weight excluding hydrogens is 622 g/mol. The number of carboxylic acids is 1. The topological polar surface area (TPSA) is 252 Å². The summed E-state index contributed by atoms with van der Waals surface area (Å²) < 4.78 is 25.9. The van der Waals surface area contributed by atoms with E-state index in [4.69, 9.17) is 23.7 Å². The van der Waals surface area contributed by atoms with Crippen LogP contribution in [0.5, 0.6) is 0 Å². The molecule has 0 aromatic heterocycles. The summed E-state index contributed by atoms with van der Waals surface area (Å²) in [5.74, 6) is -2.54. The van der Waals surface area contributed by atoms with E-state index in [-0.39, 0.29) is 31.3 Å². The molecule has 17 nitrogen and oxygen atoms in total. The van der Waals surface area contributed by atoms with E-state index < -0.39 is 85.5 Å². The number of thioether (sulfide) groups is 1. The van der Waals surface area contributed by atoms with Gasteiger partial charge in [-0.05, 0) is 12.3 Å². The molecule has 18 heteroatoms. The first-order valence-electron chi connectivity index (χ1n) is 14.5. The molecule has 262 valence electrons. The molecule has 0 radical (unpaired) electrons. The van der Waals surface area contributed by atoms with Gasteiger partial charge in [-0.25, -0.2) is 9.59 Å². The van der Waals surface area contributed by atoms with E-state index in [9.17, 15) is 44.7 Å². The highest BCUT2D eigenvalue weighted by Crippen LogP contribution is 2.36. The number of carbonyl (C=O) groups excluding carboxylic acids is 3. The van der Waals surface area contributed by atoms with Gasteiger partial charge < -0.3 is 65.2 Å². The standard InChI is InChI=1S/C27H49N3O14S/c1-16(2)11-27(25(37)38)12-18(32)21(23(44-27)22(35)19(33)14-31)30-20(34)13-28-24(36)17(15-45-10-9-41-4)29-26(39)43-8-7-42-6-5-40-3/h16-19,21-23,31-33,35H,5-15H2,1-4H3,(H,28,36)(H,29,39)(H,30,34)(H,37,38). The molecule has 8 N–H and O–H groups in total. The van der Waals surface area contributed by atoms with Crippen LogP contribution in [0.4, 0.5) is 4.79 Å². The van der Waals surface area contributed by atoms with Crippen molar-refractivity contribution in [1.29, 1.82) is 0 Å². The van der Waals surface area contributed by atoms with Gasteiger partial charge in [-0.3, -0.25) is 9.59 Å². The zero-order valence-corrected chi connectivity index (χ0v) is 27.0. The first kappa shape index (κ1) is 40.7. The van der Waals surface area contributed by atoms with E-state index in [0.717, 1.165) is 0 Å². The van der Waals surface area contributed by atoms with Gasteiger partial charge in [0.15, 0.2) is 5.60 Å². The largest absolute Gasteiger partial charge is 0.479 e. The molecule has 45 heavy (non-hydrogen) atoms. The number of aliphatic hydroxyl groups excluding tert-OH is 4. The SMILES string of the molecule is COCCOCCOC(=O)NC(CSCCOC)C(=O)NCC(=O)NC1C(O)CC(CC(C)C)(C(=O)O)OC1C(O)C(O)CO. The van der Waals surface area contributed by atoms with Gasteiger partial charge in [0.2, 0.25) is 11.8 Å². The predicted octanol–water partition coefficient (Wildman–Crippen LogP) is -2.54. The van der Waals surface area contributed by atoms with Crippen LogP contribution in [0.3, 0.4) is 0 Å². The maximum Gasteiger partial charge on any atom is 0.407 e. The molecule has 1 aliphatic rings. The summed E-state index contributed by atoms with van der Waals surface area (Å²) in [7, 11) is 3.04. The lowest BCUT2D eigenvalue weighted by Crippen LogP contribution is -2.68. The van der Waals surface area contributed by atoms with Crippen molar-refractivity contribution in [3.8, 4) is 0 Å². The Balaban J connectivity index is 2.91. The number of hydrogen-bond acceptors (Lipinski definition) is 14. The summed E-state index contributed by atoms with van der Waals surface area (Å²) in [6.45, 7) is 3.06. The van der Waals surface area contributed by atoms with E-state index in [1.165, 1.54) is 26.0 Å². The molecule has 0 aromatic carbocycles. The second-order valence-corrected chi connectivity index (χ2v) is 12.0. The molecule has 7 unspecified atom stereocenters. The Bertz CT molecular complexity index is 916. The Morgan fingerprint density at radius 2 is 1.71 bits per heavy atom. The molecule has 1 aliphatic heterocycles. The van der Waals surface area contributed by atoms with E-state index in [1.54, 1.807) is 13.8 Å². The summed E-state index contributed by atoms with van der Waals surface area (Å²) in [5.41, 5.74) is -1.94. The molecule has 0 aromatic rings. The monoisotopic (exact) mass is 671 g/mol. The molecule has 0 aliphatic carbocycles. The average molecular weight is 672 g/mol.